The number of hydrogen-bond acceptors (Lipinski definition) is 5. The molecular weight excluding hydrogens is 524 g/mol. The van der Waals surface area contributed by atoms with E-state index in [1.807, 2.05) is 0 Å². The second-order valence-corrected chi connectivity index (χ2v) is 15.2. The van der Waals surface area contributed by atoms with Gasteiger partial charge < -0.3 is 14.5 Å². The predicted octanol–water partition coefficient (Wildman–Crippen LogP) is 6.04. The Labute approximate surface area is 211 Å². The highest BCUT2D eigenvalue weighted by molar-refractivity contribution is 6.76. The van der Waals surface area contributed by atoms with Gasteiger partial charge in [-0.3, -0.25) is 9.36 Å². The molecule has 0 N–H and O–H groups in total. The molecule has 0 aliphatic carbocycles. The molecule has 0 radical (unpaired) electrons. The summed E-state index contributed by atoms with van der Waals surface area (Å²) in [6.45, 7) is 6.99. The summed E-state index contributed by atoms with van der Waals surface area (Å²) in [7, 11) is 0.123. The molecule has 0 saturated heterocycles. The average molecular weight is 547 g/mol. The molecule has 0 aliphatic heterocycles. The molecule has 0 fully saturated rings. The van der Waals surface area contributed by atoms with Gasteiger partial charge in [0.15, 0.2) is 17.5 Å². The molecule has 7 nitrogen and oxygen atoms in total. The van der Waals surface area contributed by atoms with Crippen LogP contribution in [-0.4, -0.2) is 43.6 Å². The van der Waals surface area contributed by atoms with Gasteiger partial charge in [0, 0.05) is 27.4 Å². The van der Waals surface area contributed by atoms with Gasteiger partial charge in [-0.05, 0) is 41.9 Å². The van der Waals surface area contributed by atoms with Crippen molar-refractivity contribution in [2.75, 3.05) is 18.6 Å². The number of halogens is 5. The number of carbonyl (C=O) groups excluding carboxylic acids is 1. The van der Waals surface area contributed by atoms with Crippen molar-refractivity contribution in [3.05, 3.63) is 57.6 Å². The van der Waals surface area contributed by atoms with Gasteiger partial charge in [-0.25, -0.2) is 18.2 Å². The van der Waals surface area contributed by atoms with E-state index in [-0.39, 0.29) is 45.9 Å². The van der Waals surface area contributed by atoms with Gasteiger partial charge in [0.05, 0.1) is 16.1 Å². The molecule has 35 heavy (non-hydrogen) atoms. The van der Waals surface area contributed by atoms with Crippen LogP contribution in [0.3, 0.4) is 0 Å². The third-order valence-corrected chi connectivity index (χ3v) is 7.40. The first kappa shape index (κ1) is 27.0. The van der Waals surface area contributed by atoms with E-state index in [1.54, 1.807) is 0 Å². The lowest BCUT2D eigenvalue weighted by Crippen LogP contribution is -2.29. The fourth-order valence-corrected chi connectivity index (χ4v) is 4.37. The first-order chi connectivity index (χ1) is 16.4. The average Bonchev–Trinajstić information content (AvgIpc) is 3.12. The van der Waals surface area contributed by atoms with Crippen LogP contribution in [0, 0.1) is 17.5 Å². The molecule has 3 rings (SSSR count). The molecule has 2 aromatic carbocycles. The van der Waals surface area contributed by atoms with Gasteiger partial charge in [0.25, 0.3) is 0 Å². The number of carbonyl (C=O) groups is 1. The van der Waals surface area contributed by atoms with E-state index >= 15 is 0 Å². The third kappa shape index (κ3) is 6.15. The van der Waals surface area contributed by atoms with Gasteiger partial charge in [0.1, 0.15) is 18.1 Å². The molecule has 1 heterocycles. The minimum atomic E-state index is -1.37. The first-order valence-corrected chi connectivity index (χ1v) is 14.9. The van der Waals surface area contributed by atoms with Crippen molar-refractivity contribution in [2.24, 2.45) is 5.16 Å². The van der Waals surface area contributed by atoms with E-state index in [0.29, 0.717) is 12.3 Å². The van der Waals surface area contributed by atoms with Crippen molar-refractivity contribution in [2.45, 2.75) is 32.4 Å². The minimum absolute atomic E-state index is 0.00288. The third-order valence-electron chi connectivity index (χ3n) is 5.11. The summed E-state index contributed by atoms with van der Waals surface area (Å²) in [6.07, 6.45) is 0. The number of aromatic nitrogens is 2. The van der Waals surface area contributed by atoms with Crippen LogP contribution in [0.5, 0.6) is 0 Å². The van der Waals surface area contributed by atoms with Crippen molar-refractivity contribution in [1.82, 2.24) is 9.55 Å². The molecular formula is C22H23Cl2F3N4O3Si. The summed E-state index contributed by atoms with van der Waals surface area (Å²) in [4.78, 5) is 20.8. The fourth-order valence-electron chi connectivity index (χ4n) is 3.22. The Balaban J connectivity index is 2.15. The highest BCUT2D eigenvalue weighted by Crippen LogP contribution is 2.31. The molecule has 0 saturated carbocycles. The summed E-state index contributed by atoms with van der Waals surface area (Å²) in [6, 6.07) is 5.57. The number of amidine groups is 1. The summed E-state index contributed by atoms with van der Waals surface area (Å²) in [5, 5.41) is 3.46. The second kappa shape index (κ2) is 11.0. The monoisotopic (exact) mass is 546 g/mol. The minimum Gasteiger partial charge on any atom is -0.361 e. The van der Waals surface area contributed by atoms with Gasteiger partial charge >= 0.3 is 6.47 Å². The van der Waals surface area contributed by atoms with E-state index in [9.17, 15) is 18.0 Å². The van der Waals surface area contributed by atoms with Crippen LogP contribution in [0.15, 0.2) is 29.4 Å². The Kier molecular flexibility index (Phi) is 8.47. The maximum atomic E-state index is 14.7. The lowest BCUT2D eigenvalue weighted by atomic mass is 10.1. The molecule has 0 spiro atoms. The summed E-state index contributed by atoms with van der Waals surface area (Å²) in [5.41, 5.74) is 0.0290. The normalized spacial score (nSPS) is 12.3. The number of ether oxygens (including phenoxy) is 1. The van der Waals surface area contributed by atoms with Gasteiger partial charge in [-0.15, -0.1) is 0 Å². The lowest BCUT2D eigenvalue weighted by molar-refractivity contribution is -0.128. The predicted molar refractivity (Wildman–Crippen MR) is 132 cm³/mol. The molecule has 3 aromatic rings. The maximum absolute atomic E-state index is 14.7. The molecule has 0 unspecified atom stereocenters. The quantitative estimate of drug-likeness (QED) is 0.0621. The van der Waals surface area contributed by atoms with Crippen molar-refractivity contribution < 1.29 is 27.5 Å². The Morgan fingerprint density at radius 3 is 2.54 bits per heavy atom. The smallest absolute Gasteiger partial charge is 0.323 e. The molecule has 188 valence electrons. The highest BCUT2D eigenvalue weighted by Gasteiger charge is 2.26. The van der Waals surface area contributed by atoms with Crippen LogP contribution in [0.2, 0.25) is 36.0 Å². The van der Waals surface area contributed by atoms with Gasteiger partial charge in [-0.2, -0.15) is 0 Å². The van der Waals surface area contributed by atoms with Crippen LogP contribution in [-0.2, 0) is 21.1 Å². The van der Waals surface area contributed by atoms with Crippen LogP contribution >= 0.6 is 23.2 Å². The molecule has 0 aliphatic rings. The largest absolute Gasteiger partial charge is 0.361 e. The number of rotatable bonds is 9. The van der Waals surface area contributed by atoms with Gasteiger partial charge in [-0.1, -0.05) is 36.4 Å². The van der Waals surface area contributed by atoms with Crippen molar-refractivity contribution in [3.8, 4) is 0 Å². The number of imidazole rings is 1. The van der Waals surface area contributed by atoms with Gasteiger partial charge in [0.2, 0.25) is 5.28 Å². The summed E-state index contributed by atoms with van der Waals surface area (Å²) < 4.78 is 50.1. The van der Waals surface area contributed by atoms with Crippen LogP contribution in [0.25, 0.3) is 11.0 Å². The van der Waals surface area contributed by atoms with Crippen LogP contribution in [0.4, 0.5) is 18.9 Å². The molecule has 0 bridgehead atoms. The van der Waals surface area contributed by atoms with Crippen molar-refractivity contribution in [3.63, 3.8) is 0 Å². The summed E-state index contributed by atoms with van der Waals surface area (Å²) in [5.74, 6) is -3.21. The topological polar surface area (TPSA) is 69.0 Å². The van der Waals surface area contributed by atoms with E-state index in [1.165, 1.54) is 28.6 Å². The Morgan fingerprint density at radius 2 is 1.91 bits per heavy atom. The number of oxime groups is 1. The van der Waals surface area contributed by atoms with Crippen molar-refractivity contribution in [1.29, 1.82) is 0 Å². The van der Waals surface area contributed by atoms with E-state index in [2.05, 4.69) is 34.6 Å². The lowest BCUT2D eigenvalue weighted by Gasteiger charge is -2.22. The fraction of sp³-hybridized carbons (Fsp3) is 0.318. The first-order valence-electron chi connectivity index (χ1n) is 10.4. The van der Waals surface area contributed by atoms with E-state index < -0.39 is 25.5 Å². The Morgan fingerprint density at radius 1 is 1.20 bits per heavy atom. The number of anilines is 1. The van der Waals surface area contributed by atoms with Crippen LogP contribution in [0.1, 0.15) is 5.56 Å². The van der Waals surface area contributed by atoms with E-state index in [0.717, 1.165) is 18.2 Å². The van der Waals surface area contributed by atoms with E-state index in [4.69, 9.17) is 27.9 Å². The zero-order chi connectivity index (χ0) is 25.9. The maximum Gasteiger partial charge on any atom is 0.323 e. The summed E-state index contributed by atoms with van der Waals surface area (Å²) >= 11 is 12.2. The molecule has 1 aromatic heterocycles. The highest BCUT2D eigenvalue weighted by atomic mass is 35.5. The number of fused-ring (bicyclic) bond motifs is 1. The number of hydrogen-bond donors (Lipinski definition) is 0. The van der Waals surface area contributed by atoms with Crippen molar-refractivity contribution >= 4 is 60.3 Å². The molecule has 0 amide bonds. The zero-order valence-electron chi connectivity index (χ0n) is 19.4. The number of nitrogens with zero attached hydrogens (tertiary/aromatic N) is 4. The van der Waals surface area contributed by atoms with Crippen LogP contribution < -0.4 is 4.90 Å². The number of benzene rings is 2. The second-order valence-electron chi connectivity index (χ2n) is 8.85. The molecule has 0 atom stereocenters. The standard InChI is InChI=1S/C22H23Cl2F3N4O3Si/c1-30(13-5-6-16(25)15(23)9-13)21(29-34-12-32)14-10-17(26)18(27)19-20(14)31(22(24)28-19)11-33-7-8-35(2,3)4/h5-6,9-10,12H,7-8,11H2,1-4H3/b29-21-. The Bertz CT molecular complexity index is 1280. The molecule has 13 heteroatoms. The SMILES string of the molecule is CN(/C(=N\OC=O)c1cc(F)c(F)c2nc(Cl)n(COCC[Si](C)(C)C)c12)c1ccc(F)c(Cl)c1. The Hall–Kier alpha value is -2.60. The zero-order valence-corrected chi connectivity index (χ0v) is 21.9.